The highest BCUT2D eigenvalue weighted by Crippen LogP contribution is 2.08. The summed E-state index contributed by atoms with van der Waals surface area (Å²) >= 11 is 5.24. The van der Waals surface area contributed by atoms with Crippen LogP contribution < -0.4 is 5.32 Å². The number of aromatic amines is 1. The molecule has 7 heteroatoms. The number of H-pyrrole nitrogens is 1. The molecule has 0 aliphatic carbocycles. The van der Waals surface area contributed by atoms with Gasteiger partial charge in [-0.25, -0.2) is 4.79 Å². The van der Waals surface area contributed by atoms with Gasteiger partial charge in [0.05, 0.1) is 13.1 Å². The van der Waals surface area contributed by atoms with Crippen molar-refractivity contribution in [2.75, 3.05) is 0 Å². The maximum absolute atomic E-state index is 11.7. The van der Waals surface area contributed by atoms with Crippen molar-refractivity contribution in [2.45, 2.75) is 39.5 Å². The minimum atomic E-state index is -0.529. The van der Waals surface area contributed by atoms with Crippen LogP contribution in [-0.4, -0.2) is 26.5 Å². The first-order valence-corrected chi connectivity index (χ1v) is 7.41. The van der Waals surface area contributed by atoms with E-state index in [2.05, 4.69) is 15.5 Å². The normalized spacial score (nSPS) is 11.2. The lowest BCUT2D eigenvalue weighted by molar-refractivity contribution is 0.0521. The number of carbonyl (C=O) groups is 1. The molecule has 2 N–H and O–H groups in total. The van der Waals surface area contributed by atoms with E-state index in [4.69, 9.17) is 17.0 Å². The van der Waals surface area contributed by atoms with Gasteiger partial charge in [0.1, 0.15) is 5.60 Å². The summed E-state index contributed by atoms with van der Waals surface area (Å²) in [5, 5.41) is 9.59. The van der Waals surface area contributed by atoms with Crippen molar-refractivity contribution in [3.63, 3.8) is 0 Å². The summed E-state index contributed by atoms with van der Waals surface area (Å²) in [5.74, 6) is 0.653. The summed E-state index contributed by atoms with van der Waals surface area (Å²) in [7, 11) is 0. The van der Waals surface area contributed by atoms with Gasteiger partial charge < -0.3 is 10.1 Å². The molecule has 1 aromatic heterocycles. The molecule has 118 valence electrons. The third-order valence-electron chi connectivity index (χ3n) is 2.81. The van der Waals surface area contributed by atoms with Crippen molar-refractivity contribution in [1.82, 2.24) is 20.1 Å². The Morgan fingerprint density at radius 2 is 2.05 bits per heavy atom. The molecular weight excluding hydrogens is 300 g/mol. The highest BCUT2D eigenvalue weighted by atomic mass is 32.1. The number of ether oxygens (including phenoxy) is 1. The largest absolute Gasteiger partial charge is 0.444 e. The number of alkyl carbamates (subject to hydrolysis) is 1. The zero-order valence-corrected chi connectivity index (χ0v) is 13.7. The predicted octanol–water partition coefficient (Wildman–Crippen LogP) is 3.01. The van der Waals surface area contributed by atoms with Crippen LogP contribution >= 0.6 is 12.2 Å². The molecule has 0 radical (unpaired) electrons. The Morgan fingerprint density at radius 3 is 2.68 bits per heavy atom. The molecule has 0 aliphatic rings. The molecule has 1 amide bonds. The Labute approximate surface area is 134 Å². The third kappa shape index (κ3) is 4.70. The summed E-state index contributed by atoms with van der Waals surface area (Å²) in [6.07, 6.45) is -0.479. The molecule has 0 atom stereocenters. The number of amides is 1. The number of nitrogens with one attached hydrogen (secondary N) is 2. The van der Waals surface area contributed by atoms with E-state index in [0.29, 0.717) is 17.1 Å². The number of carbonyl (C=O) groups excluding carboxylic acids is 1. The van der Waals surface area contributed by atoms with Crippen LogP contribution in [0.5, 0.6) is 0 Å². The van der Waals surface area contributed by atoms with Crippen LogP contribution in [-0.2, 0) is 17.8 Å². The van der Waals surface area contributed by atoms with Crippen LogP contribution in [0.2, 0.25) is 0 Å². The Bertz CT molecular complexity index is 686. The molecule has 1 aromatic carbocycles. The van der Waals surface area contributed by atoms with Gasteiger partial charge in [-0.05, 0) is 38.6 Å². The zero-order chi connectivity index (χ0) is 16.2. The molecule has 0 fully saturated rings. The van der Waals surface area contributed by atoms with Crippen LogP contribution in [0, 0.1) is 4.77 Å². The third-order valence-corrected chi connectivity index (χ3v) is 3.12. The fourth-order valence-corrected chi connectivity index (χ4v) is 2.10. The summed E-state index contributed by atoms with van der Waals surface area (Å²) in [5.41, 5.74) is 0.581. The van der Waals surface area contributed by atoms with Gasteiger partial charge in [-0.1, -0.05) is 30.3 Å². The van der Waals surface area contributed by atoms with Crippen molar-refractivity contribution in [1.29, 1.82) is 0 Å². The van der Waals surface area contributed by atoms with Gasteiger partial charge in [-0.3, -0.25) is 9.67 Å². The molecule has 2 rings (SSSR count). The molecule has 0 aliphatic heterocycles. The second kappa shape index (κ2) is 6.74. The lowest BCUT2D eigenvalue weighted by Gasteiger charge is -2.19. The summed E-state index contributed by atoms with van der Waals surface area (Å²) < 4.78 is 7.57. The molecule has 0 unspecified atom stereocenters. The molecule has 22 heavy (non-hydrogen) atoms. The van der Waals surface area contributed by atoms with E-state index in [1.165, 1.54) is 0 Å². The second-order valence-electron chi connectivity index (χ2n) is 5.87. The molecule has 0 saturated heterocycles. The number of benzene rings is 1. The minimum absolute atomic E-state index is 0.245. The highest BCUT2D eigenvalue weighted by molar-refractivity contribution is 7.71. The fraction of sp³-hybridized carbons (Fsp3) is 0.400. The van der Waals surface area contributed by atoms with Gasteiger partial charge in [0.2, 0.25) is 0 Å². The van der Waals surface area contributed by atoms with Crippen LogP contribution in [0.1, 0.15) is 32.2 Å². The maximum Gasteiger partial charge on any atom is 0.408 e. The van der Waals surface area contributed by atoms with Gasteiger partial charge in [0.25, 0.3) is 0 Å². The lowest BCUT2D eigenvalue weighted by atomic mass is 10.2. The Hall–Kier alpha value is -2.15. The van der Waals surface area contributed by atoms with Crippen LogP contribution in [0.3, 0.4) is 0 Å². The molecule has 0 saturated carbocycles. The van der Waals surface area contributed by atoms with Crippen molar-refractivity contribution in [3.8, 4) is 0 Å². The average molecular weight is 320 g/mol. The van der Waals surface area contributed by atoms with E-state index < -0.39 is 11.7 Å². The average Bonchev–Trinajstić information content (AvgIpc) is 2.77. The first kappa shape index (κ1) is 16.2. The van der Waals surface area contributed by atoms with E-state index in [9.17, 15) is 4.79 Å². The number of rotatable bonds is 4. The zero-order valence-electron chi connectivity index (χ0n) is 12.9. The van der Waals surface area contributed by atoms with Crippen molar-refractivity contribution in [2.24, 2.45) is 0 Å². The molecule has 0 spiro atoms. The van der Waals surface area contributed by atoms with E-state index >= 15 is 0 Å². The first-order valence-electron chi connectivity index (χ1n) is 7.00. The second-order valence-corrected chi connectivity index (χ2v) is 6.26. The lowest BCUT2D eigenvalue weighted by Crippen LogP contribution is -2.32. The van der Waals surface area contributed by atoms with Crippen LogP contribution in [0.25, 0.3) is 0 Å². The molecule has 1 heterocycles. The van der Waals surface area contributed by atoms with Crippen molar-refractivity contribution < 1.29 is 9.53 Å². The van der Waals surface area contributed by atoms with Gasteiger partial charge in [0, 0.05) is 0 Å². The summed E-state index contributed by atoms with van der Waals surface area (Å²) in [6.45, 7) is 6.30. The number of nitrogens with zero attached hydrogens (tertiary/aromatic N) is 2. The SMILES string of the molecule is CC(C)(C)OC(=O)NCc1n[nH]c(=S)n1Cc1ccccc1. The Morgan fingerprint density at radius 1 is 1.36 bits per heavy atom. The number of aromatic nitrogens is 3. The van der Waals surface area contributed by atoms with Gasteiger partial charge in [0.15, 0.2) is 10.6 Å². The van der Waals surface area contributed by atoms with Gasteiger partial charge in [-0.2, -0.15) is 5.10 Å². The number of hydrogen-bond acceptors (Lipinski definition) is 4. The molecule has 6 nitrogen and oxygen atoms in total. The number of hydrogen-bond donors (Lipinski definition) is 2. The van der Waals surface area contributed by atoms with E-state index in [-0.39, 0.29) is 6.54 Å². The summed E-state index contributed by atoms with van der Waals surface area (Å²) in [4.78, 5) is 11.7. The maximum atomic E-state index is 11.7. The molecule has 2 aromatic rings. The van der Waals surface area contributed by atoms with Gasteiger partial charge >= 0.3 is 6.09 Å². The quantitative estimate of drug-likeness (QED) is 0.850. The molecular formula is C15H20N4O2S. The fourth-order valence-electron chi connectivity index (χ4n) is 1.88. The Kier molecular flexibility index (Phi) is 4.97. The van der Waals surface area contributed by atoms with Crippen LogP contribution in [0.15, 0.2) is 30.3 Å². The Balaban J connectivity index is 2.04. The summed E-state index contributed by atoms with van der Waals surface area (Å²) in [6, 6.07) is 9.93. The highest BCUT2D eigenvalue weighted by Gasteiger charge is 2.16. The minimum Gasteiger partial charge on any atom is -0.444 e. The predicted molar refractivity (Wildman–Crippen MR) is 86.0 cm³/mol. The monoisotopic (exact) mass is 320 g/mol. The molecule has 0 bridgehead atoms. The van der Waals surface area contributed by atoms with Crippen LogP contribution in [0.4, 0.5) is 4.79 Å². The standard InChI is InChI=1S/C15H20N4O2S/c1-15(2,3)21-14(20)16-9-12-17-18-13(22)19(12)10-11-7-5-4-6-8-11/h4-8H,9-10H2,1-3H3,(H,16,20)(H,18,22). The van der Waals surface area contributed by atoms with Gasteiger partial charge in [-0.15, -0.1) is 0 Å². The topological polar surface area (TPSA) is 71.9 Å². The van der Waals surface area contributed by atoms with E-state index in [0.717, 1.165) is 5.56 Å². The van der Waals surface area contributed by atoms with E-state index in [1.807, 2.05) is 55.7 Å². The van der Waals surface area contributed by atoms with E-state index in [1.54, 1.807) is 0 Å². The van der Waals surface area contributed by atoms with Crippen molar-refractivity contribution >= 4 is 18.3 Å². The smallest absolute Gasteiger partial charge is 0.408 e. The van der Waals surface area contributed by atoms with Crippen molar-refractivity contribution in [3.05, 3.63) is 46.5 Å². The first-order chi connectivity index (χ1) is 10.3.